The van der Waals surface area contributed by atoms with Crippen molar-refractivity contribution in [3.05, 3.63) is 23.8 Å². The highest BCUT2D eigenvalue weighted by atomic mass is 32.2. The molecule has 1 unspecified atom stereocenters. The first kappa shape index (κ1) is 15.6. The summed E-state index contributed by atoms with van der Waals surface area (Å²) in [4.78, 5) is 11.6. The molecule has 1 atom stereocenters. The highest BCUT2D eigenvalue weighted by molar-refractivity contribution is 7.91. The number of sulfone groups is 1. The molecule has 1 saturated heterocycles. The molecule has 3 N–H and O–H groups in total. The fraction of sp³-hybridized carbons (Fsp3) is 0.500. The summed E-state index contributed by atoms with van der Waals surface area (Å²) in [6, 6.07) is 4.70. The third-order valence-corrected chi connectivity index (χ3v) is 5.21. The lowest BCUT2D eigenvalue weighted by Crippen LogP contribution is -2.35. The number of rotatable bonds is 4. The van der Waals surface area contributed by atoms with Crippen molar-refractivity contribution in [2.75, 3.05) is 29.2 Å². The topological polar surface area (TPSA) is 98.5 Å². The summed E-state index contributed by atoms with van der Waals surface area (Å²) in [6.07, 6.45) is 1.44. The van der Waals surface area contributed by atoms with Gasteiger partial charge in [0.2, 0.25) is 0 Å². The number of esters is 1. The van der Waals surface area contributed by atoms with E-state index in [0.29, 0.717) is 30.0 Å². The summed E-state index contributed by atoms with van der Waals surface area (Å²) in [7, 11) is -2.97. The van der Waals surface area contributed by atoms with Crippen molar-refractivity contribution >= 4 is 27.2 Å². The Morgan fingerprint density at radius 1 is 1.48 bits per heavy atom. The minimum absolute atomic E-state index is 0.117. The van der Waals surface area contributed by atoms with Gasteiger partial charge in [-0.05, 0) is 38.0 Å². The van der Waals surface area contributed by atoms with Crippen LogP contribution in [-0.2, 0) is 14.6 Å². The highest BCUT2D eigenvalue weighted by Crippen LogP contribution is 2.24. The zero-order valence-electron chi connectivity index (χ0n) is 12.0. The van der Waals surface area contributed by atoms with E-state index in [4.69, 9.17) is 10.5 Å². The predicted octanol–water partition coefficient (Wildman–Crippen LogP) is 1.43. The average molecular weight is 312 g/mol. The summed E-state index contributed by atoms with van der Waals surface area (Å²) in [5.74, 6) is -0.0508. The van der Waals surface area contributed by atoms with Gasteiger partial charge in [0.05, 0.1) is 35.1 Å². The summed E-state index contributed by atoms with van der Waals surface area (Å²) in [6.45, 7) is 2.04. The van der Waals surface area contributed by atoms with Crippen molar-refractivity contribution in [1.29, 1.82) is 0 Å². The maximum Gasteiger partial charge on any atom is 0.338 e. The fourth-order valence-electron chi connectivity index (χ4n) is 2.39. The van der Waals surface area contributed by atoms with E-state index in [0.717, 1.165) is 6.42 Å². The first-order chi connectivity index (χ1) is 9.91. The Balaban J connectivity index is 2.09. The van der Waals surface area contributed by atoms with Crippen LogP contribution in [0.2, 0.25) is 0 Å². The quantitative estimate of drug-likeness (QED) is 0.645. The zero-order valence-corrected chi connectivity index (χ0v) is 12.8. The molecular formula is C14H20N2O4S. The Kier molecular flexibility index (Phi) is 4.72. The monoisotopic (exact) mass is 312 g/mol. The van der Waals surface area contributed by atoms with Crippen LogP contribution >= 0.6 is 0 Å². The largest absolute Gasteiger partial charge is 0.462 e. The molecule has 0 spiro atoms. The molecule has 0 amide bonds. The number of carbonyl (C=O) groups excluding carboxylic acids is 1. The predicted molar refractivity (Wildman–Crippen MR) is 82.1 cm³/mol. The third kappa shape index (κ3) is 4.10. The highest BCUT2D eigenvalue weighted by Gasteiger charge is 2.25. The van der Waals surface area contributed by atoms with E-state index >= 15 is 0 Å². The van der Waals surface area contributed by atoms with Gasteiger partial charge in [0.15, 0.2) is 9.84 Å². The summed E-state index contributed by atoms with van der Waals surface area (Å²) in [5.41, 5.74) is 7.36. The van der Waals surface area contributed by atoms with E-state index in [-0.39, 0.29) is 17.5 Å². The smallest absolute Gasteiger partial charge is 0.338 e. The molecule has 6 nitrogen and oxygen atoms in total. The number of carbonyl (C=O) groups is 1. The van der Waals surface area contributed by atoms with Gasteiger partial charge in [-0.15, -0.1) is 0 Å². The van der Waals surface area contributed by atoms with E-state index in [2.05, 4.69) is 5.32 Å². The Morgan fingerprint density at radius 2 is 2.24 bits per heavy atom. The molecule has 0 aliphatic carbocycles. The zero-order chi connectivity index (χ0) is 15.5. The molecule has 1 heterocycles. The lowest BCUT2D eigenvalue weighted by Gasteiger charge is -2.24. The molecule has 1 aliphatic heterocycles. The third-order valence-electron chi connectivity index (χ3n) is 3.39. The van der Waals surface area contributed by atoms with Crippen LogP contribution in [-0.4, -0.2) is 38.5 Å². The number of nitrogens with two attached hydrogens (primary N) is 1. The van der Waals surface area contributed by atoms with Crippen LogP contribution in [0.15, 0.2) is 18.2 Å². The molecule has 7 heteroatoms. The van der Waals surface area contributed by atoms with Gasteiger partial charge in [0.25, 0.3) is 0 Å². The number of benzene rings is 1. The van der Waals surface area contributed by atoms with E-state index in [1.54, 1.807) is 19.1 Å². The summed E-state index contributed by atoms with van der Waals surface area (Å²) < 4.78 is 28.1. The molecule has 1 fully saturated rings. The van der Waals surface area contributed by atoms with Gasteiger partial charge in [0.1, 0.15) is 0 Å². The second kappa shape index (κ2) is 6.34. The molecule has 0 saturated carbocycles. The van der Waals surface area contributed by atoms with Gasteiger partial charge in [-0.25, -0.2) is 13.2 Å². The SMILES string of the molecule is CCOC(=O)c1ccc(NC2CCCS(=O)(=O)C2)c(N)c1. The molecule has 1 aromatic rings. The Bertz CT molecular complexity index is 628. The first-order valence-corrected chi connectivity index (χ1v) is 8.77. The number of anilines is 2. The van der Waals surface area contributed by atoms with Crippen LogP contribution in [0.1, 0.15) is 30.1 Å². The van der Waals surface area contributed by atoms with Gasteiger partial charge in [0, 0.05) is 6.04 Å². The van der Waals surface area contributed by atoms with Gasteiger partial charge in [-0.1, -0.05) is 0 Å². The molecule has 1 aliphatic rings. The van der Waals surface area contributed by atoms with Crippen molar-refractivity contribution < 1.29 is 17.9 Å². The molecule has 116 valence electrons. The van der Waals surface area contributed by atoms with E-state index in [9.17, 15) is 13.2 Å². The van der Waals surface area contributed by atoms with Crippen molar-refractivity contribution in [1.82, 2.24) is 0 Å². The maximum absolute atomic E-state index is 11.6. The van der Waals surface area contributed by atoms with Crippen LogP contribution in [0, 0.1) is 0 Å². The molecule has 0 aromatic heterocycles. The lowest BCUT2D eigenvalue weighted by atomic mass is 10.1. The molecule has 0 radical (unpaired) electrons. The molecule has 1 aromatic carbocycles. The van der Waals surface area contributed by atoms with Gasteiger partial charge >= 0.3 is 5.97 Å². The second-order valence-electron chi connectivity index (χ2n) is 5.12. The van der Waals surface area contributed by atoms with Crippen LogP contribution in [0.5, 0.6) is 0 Å². The Hall–Kier alpha value is -1.76. The van der Waals surface area contributed by atoms with Crippen molar-refractivity contribution in [2.24, 2.45) is 0 Å². The first-order valence-electron chi connectivity index (χ1n) is 6.95. The summed E-state index contributed by atoms with van der Waals surface area (Å²) in [5, 5.41) is 3.15. The summed E-state index contributed by atoms with van der Waals surface area (Å²) >= 11 is 0. The van der Waals surface area contributed by atoms with Crippen LogP contribution in [0.25, 0.3) is 0 Å². The second-order valence-corrected chi connectivity index (χ2v) is 7.35. The van der Waals surface area contributed by atoms with Gasteiger partial charge in [-0.3, -0.25) is 0 Å². The number of ether oxygens (including phenoxy) is 1. The normalized spacial score (nSPS) is 20.7. The van der Waals surface area contributed by atoms with Crippen LogP contribution < -0.4 is 11.1 Å². The molecule has 21 heavy (non-hydrogen) atoms. The molecular weight excluding hydrogens is 292 g/mol. The van der Waals surface area contributed by atoms with Crippen LogP contribution in [0.3, 0.4) is 0 Å². The minimum Gasteiger partial charge on any atom is -0.462 e. The average Bonchev–Trinajstić information content (AvgIpc) is 2.40. The lowest BCUT2D eigenvalue weighted by molar-refractivity contribution is 0.0526. The number of nitrogens with one attached hydrogen (secondary N) is 1. The maximum atomic E-state index is 11.6. The fourth-order valence-corrected chi connectivity index (χ4v) is 4.03. The van der Waals surface area contributed by atoms with Gasteiger partial charge in [-0.2, -0.15) is 0 Å². The van der Waals surface area contributed by atoms with Crippen molar-refractivity contribution in [2.45, 2.75) is 25.8 Å². The van der Waals surface area contributed by atoms with Crippen molar-refractivity contribution in [3.63, 3.8) is 0 Å². The van der Waals surface area contributed by atoms with E-state index in [1.807, 2.05) is 0 Å². The van der Waals surface area contributed by atoms with E-state index < -0.39 is 15.8 Å². The van der Waals surface area contributed by atoms with Crippen LogP contribution in [0.4, 0.5) is 11.4 Å². The number of hydrogen-bond donors (Lipinski definition) is 2. The number of hydrogen-bond acceptors (Lipinski definition) is 6. The van der Waals surface area contributed by atoms with Gasteiger partial charge < -0.3 is 15.8 Å². The Morgan fingerprint density at radius 3 is 2.86 bits per heavy atom. The molecule has 2 rings (SSSR count). The minimum atomic E-state index is -2.97. The number of nitrogen functional groups attached to an aromatic ring is 1. The Labute approximate surface area is 124 Å². The van der Waals surface area contributed by atoms with Crippen molar-refractivity contribution in [3.8, 4) is 0 Å². The van der Waals surface area contributed by atoms with E-state index in [1.165, 1.54) is 6.07 Å². The standard InChI is InChI=1S/C14H20N2O4S/c1-2-20-14(17)10-5-6-13(12(15)8-10)16-11-4-3-7-21(18,19)9-11/h5-6,8,11,16H,2-4,7,9,15H2,1H3. The molecule has 0 bridgehead atoms.